The number of carbonyl (C=O) groups excluding carboxylic acids is 1. The standard InChI is InChI=1S/C8H16N2O/c1-3-6-10(2)8(11)9-7-4-5-7/h7H,3-6H2,1-2H3,(H,9,11). The molecule has 1 N–H and O–H groups in total. The van der Waals surface area contributed by atoms with Crippen molar-refractivity contribution < 1.29 is 4.79 Å². The zero-order valence-electron chi connectivity index (χ0n) is 7.26. The van der Waals surface area contributed by atoms with E-state index in [1.807, 2.05) is 7.05 Å². The molecule has 11 heavy (non-hydrogen) atoms. The Morgan fingerprint density at radius 2 is 2.27 bits per heavy atom. The number of nitrogens with one attached hydrogen (secondary N) is 1. The third kappa shape index (κ3) is 2.78. The molecule has 0 aliphatic heterocycles. The number of nitrogens with zero attached hydrogens (tertiary/aromatic N) is 1. The van der Waals surface area contributed by atoms with Crippen molar-refractivity contribution in [3.8, 4) is 0 Å². The fourth-order valence-corrected chi connectivity index (χ4v) is 0.949. The summed E-state index contributed by atoms with van der Waals surface area (Å²) in [6.07, 6.45) is 3.34. The highest BCUT2D eigenvalue weighted by Gasteiger charge is 2.24. The molecule has 1 aliphatic rings. The minimum Gasteiger partial charge on any atom is -0.335 e. The summed E-state index contributed by atoms with van der Waals surface area (Å²) in [6.45, 7) is 2.92. The zero-order valence-corrected chi connectivity index (χ0v) is 7.26. The number of hydrogen-bond donors (Lipinski definition) is 1. The summed E-state index contributed by atoms with van der Waals surface area (Å²) in [6, 6.07) is 0.552. The Balaban J connectivity index is 2.15. The zero-order chi connectivity index (χ0) is 8.27. The summed E-state index contributed by atoms with van der Waals surface area (Å²) < 4.78 is 0. The minimum absolute atomic E-state index is 0.0781. The summed E-state index contributed by atoms with van der Waals surface area (Å²) in [5.41, 5.74) is 0. The first-order chi connectivity index (χ1) is 5.24. The first-order valence-electron chi connectivity index (χ1n) is 4.25. The number of rotatable bonds is 3. The molecule has 3 nitrogen and oxygen atoms in total. The molecule has 2 amide bonds. The molecule has 1 aliphatic carbocycles. The molecular formula is C8H16N2O. The fraction of sp³-hybridized carbons (Fsp3) is 0.875. The van der Waals surface area contributed by atoms with Crippen molar-refractivity contribution in [2.75, 3.05) is 13.6 Å². The van der Waals surface area contributed by atoms with Crippen LogP contribution in [0.3, 0.4) is 0 Å². The molecule has 64 valence electrons. The molecule has 0 aromatic rings. The second-order valence-electron chi connectivity index (χ2n) is 3.15. The highest BCUT2D eigenvalue weighted by atomic mass is 16.2. The van der Waals surface area contributed by atoms with E-state index in [0.717, 1.165) is 25.8 Å². The smallest absolute Gasteiger partial charge is 0.317 e. The van der Waals surface area contributed by atoms with Gasteiger partial charge in [-0.25, -0.2) is 4.79 Å². The van der Waals surface area contributed by atoms with E-state index in [-0.39, 0.29) is 6.03 Å². The van der Waals surface area contributed by atoms with Crippen molar-refractivity contribution in [1.82, 2.24) is 10.2 Å². The van der Waals surface area contributed by atoms with Gasteiger partial charge in [0.15, 0.2) is 0 Å². The van der Waals surface area contributed by atoms with Crippen LogP contribution in [0, 0.1) is 0 Å². The van der Waals surface area contributed by atoms with Crippen LogP contribution in [0.2, 0.25) is 0 Å². The molecule has 3 heteroatoms. The van der Waals surface area contributed by atoms with Crippen LogP contribution in [-0.4, -0.2) is 30.6 Å². The van der Waals surface area contributed by atoms with Crippen molar-refractivity contribution in [1.29, 1.82) is 0 Å². The Morgan fingerprint density at radius 1 is 1.64 bits per heavy atom. The first kappa shape index (κ1) is 8.37. The van der Waals surface area contributed by atoms with Gasteiger partial charge in [-0.2, -0.15) is 0 Å². The van der Waals surface area contributed by atoms with Crippen LogP contribution in [0.25, 0.3) is 0 Å². The Hall–Kier alpha value is -0.730. The van der Waals surface area contributed by atoms with Crippen LogP contribution < -0.4 is 5.32 Å². The number of amides is 2. The maximum Gasteiger partial charge on any atom is 0.317 e. The van der Waals surface area contributed by atoms with Gasteiger partial charge < -0.3 is 10.2 Å². The maximum absolute atomic E-state index is 11.2. The van der Waals surface area contributed by atoms with Gasteiger partial charge in [-0.15, -0.1) is 0 Å². The van der Waals surface area contributed by atoms with Crippen molar-refractivity contribution in [2.24, 2.45) is 0 Å². The van der Waals surface area contributed by atoms with Gasteiger partial charge in [-0.1, -0.05) is 6.92 Å². The molecule has 0 aromatic heterocycles. The Labute approximate surface area is 67.8 Å². The number of urea groups is 1. The molecule has 1 saturated carbocycles. The molecule has 0 unspecified atom stereocenters. The maximum atomic E-state index is 11.2. The average Bonchev–Trinajstić information content (AvgIpc) is 2.72. The van der Waals surface area contributed by atoms with Crippen LogP contribution in [0.4, 0.5) is 4.79 Å². The summed E-state index contributed by atoms with van der Waals surface area (Å²) in [5, 5.41) is 2.93. The van der Waals surface area contributed by atoms with Crippen LogP contribution in [0.5, 0.6) is 0 Å². The summed E-state index contributed by atoms with van der Waals surface area (Å²) in [5.74, 6) is 0. The van der Waals surface area contributed by atoms with E-state index in [1.54, 1.807) is 4.90 Å². The normalized spacial score (nSPS) is 16.2. The lowest BCUT2D eigenvalue weighted by Crippen LogP contribution is -2.38. The molecule has 0 spiro atoms. The molecule has 1 fully saturated rings. The lowest BCUT2D eigenvalue weighted by molar-refractivity contribution is 0.208. The van der Waals surface area contributed by atoms with Crippen LogP contribution in [-0.2, 0) is 0 Å². The monoisotopic (exact) mass is 156 g/mol. The minimum atomic E-state index is 0.0781. The largest absolute Gasteiger partial charge is 0.335 e. The van der Waals surface area contributed by atoms with Gasteiger partial charge in [0.2, 0.25) is 0 Å². The van der Waals surface area contributed by atoms with E-state index >= 15 is 0 Å². The van der Waals surface area contributed by atoms with E-state index in [9.17, 15) is 4.79 Å². The quantitative estimate of drug-likeness (QED) is 0.654. The molecule has 0 saturated heterocycles. The molecule has 0 radical (unpaired) electrons. The van der Waals surface area contributed by atoms with Gasteiger partial charge in [-0.3, -0.25) is 0 Å². The second-order valence-corrected chi connectivity index (χ2v) is 3.15. The lowest BCUT2D eigenvalue weighted by Gasteiger charge is -2.16. The summed E-state index contributed by atoms with van der Waals surface area (Å²) in [4.78, 5) is 12.9. The Kier molecular flexibility index (Phi) is 2.74. The summed E-state index contributed by atoms with van der Waals surface area (Å²) in [7, 11) is 1.83. The molecule has 1 rings (SSSR count). The van der Waals surface area contributed by atoms with Crippen LogP contribution in [0.1, 0.15) is 26.2 Å². The van der Waals surface area contributed by atoms with Gasteiger partial charge in [0.1, 0.15) is 0 Å². The topological polar surface area (TPSA) is 32.3 Å². The molecule has 0 aromatic carbocycles. The van der Waals surface area contributed by atoms with Crippen molar-refractivity contribution in [2.45, 2.75) is 32.2 Å². The van der Waals surface area contributed by atoms with Gasteiger partial charge in [0, 0.05) is 19.6 Å². The summed E-state index contributed by atoms with van der Waals surface area (Å²) >= 11 is 0. The predicted molar refractivity (Wildman–Crippen MR) is 44.5 cm³/mol. The molecule has 0 bridgehead atoms. The number of carbonyl (C=O) groups is 1. The predicted octanol–water partition coefficient (Wildman–Crippen LogP) is 1.20. The van der Waals surface area contributed by atoms with E-state index in [2.05, 4.69) is 12.2 Å². The highest BCUT2D eigenvalue weighted by Crippen LogP contribution is 2.18. The van der Waals surface area contributed by atoms with E-state index in [0.29, 0.717) is 6.04 Å². The molecular weight excluding hydrogens is 140 g/mol. The Bertz CT molecular complexity index is 143. The molecule has 0 atom stereocenters. The first-order valence-corrected chi connectivity index (χ1v) is 4.25. The van der Waals surface area contributed by atoms with Gasteiger partial charge in [0.05, 0.1) is 0 Å². The molecule has 0 heterocycles. The van der Waals surface area contributed by atoms with E-state index in [1.165, 1.54) is 0 Å². The highest BCUT2D eigenvalue weighted by molar-refractivity contribution is 5.74. The van der Waals surface area contributed by atoms with Crippen LogP contribution in [0.15, 0.2) is 0 Å². The second kappa shape index (κ2) is 3.60. The third-order valence-corrected chi connectivity index (χ3v) is 1.81. The van der Waals surface area contributed by atoms with E-state index < -0.39 is 0 Å². The third-order valence-electron chi connectivity index (χ3n) is 1.81. The van der Waals surface area contributed by atoms with Gasteiger partial charge >= 0.3 is 6.03 Å². The van der Waals surface area contributed by atoms with Crippen molar-refractivity contribution in [3.63, 3.8) is 0 Å². The van der Waals surface area contributed by atoms with Gasteiger partial charge in [-0.05, 0) is 19.3 Å². The van der Waals surface area contributed by atoms with Crippen molar-refractivity contribution >= 4 is 6.03 Å². The Morgan fingerprint density at radius 3 is 2.73 bits per heavy atom. The average molecular weight is 156 g/mol. The fourth-order valence-electron chi connectivity index (χ4n) is 0.949. The van der Waals surface area contributed by atoms with Crippen molar-refractivity contribution in [3.05, 3.63) is 0 Å². The lowest BCUT2D eigenvalue weighted by atomic mass is 10.4. The van der Waals surface area contributed by atoms with E-state index in [4.69, 9.17) is 0 Å². The van der Waals surface area contributed by atoms with Gasteiger partial charge in [0.25, 0.3) is 0 Å². The number of hydrogen-bond acceptors (Lipinski definition) is 1. The SMILES string of the molecule is CCCN(C)C(=O)NC1CC1. The van der Waals surface area contributed by atoms with Crippen LogP contribution >= 0.6 is 0 Å².